The van der Waals surface area contributed by atoms with Gasteiger partial charge in [0.2, 0.25) is 5.88 Å². The number of nitrogens with zero attached hydrogens (tertiary/aromatic N) is 3. The topological polar surface area (TPSA) is 70.8 Å². The molecule has 0 unspecified atom stereocenters. The van der Waals surface area contributed by atoms with Gasteiger partial charge in [0.25, 0.3) is 0 Å². The summed E-state index contributed by atoms with van der Waals surface area (Å²) in [6, 6.07) is 9.26. The number of rotatable bonds is 6. The van der Waals surface area contributed by atoms with Crippen molar-refractivity contribution >= 4 is 5.82 Å². The molecule has 0 amide bonds. The fraction of sp³-hybridized carbons (Fsp3) is 0.312. The molecular formula is C16H18N4O. The number of benzene rings is 1. The summed E-state index contributed by atoms with van der Waals surface area (Å²) in [5.41, 5.74) is 1.43. The molecule has 0 bridgehead atoms. The van der Waals surface area contributed by atoms with Gasteiger partial charge in [0.1, 0.15) is 24.0 Å². The van der Waals surface area contributed by atoms with E-state index in [2.05, 4.69) is 28.3 Å². The molecule has 5 heteroatoms. The molecule has 21 heavy (non-hydrogen) atoms. The van der Waals surface area contributed by atoms with Crippen LogP contribution in [0.25, 0.3) is 0 Å². The highest BCUT2D eigenvalue weighted by Gasteiger charge is 2.13. The van der Waals surface area contributed by atoms with Gasteiger partial charge in [0.15, 0.2) is 0 Å². The predicted octanol–water partition coefficient (Wildman–Crippen LogP) is 3.52. The second-order valence-corrected chi connectivity index (χ2v) is 4.50. The Hall–Kier alpha value is -2.61. The maximum Gasteiger partial charge on any atom is 0.227 e. The van der Waals surface area contributed by atoms with Crippen molar-refractivity contribution in [3.8, 4) is 17.7 Å². The lowest BCUT2D eigenvalue weighted by molar-refractivity contribution is 0.453. The summed E-state index contributed by atoms with van der Waals surface area (Å²) in [7, 11) is 0. The van der Waals surface area contributed by atoms with Crippen molar-refractivity contribution < 1.29 is 4.74 Å². The largest absolute Gasteiger partial charge is 0.437 e. The Morgan fingerprint density at radius 3 is 2.76 bits per heavy atom. The second kappa shape index (κ2) is 7.25. The van der Waals surface area contributed by atoms with Crippen LogP contribution in [0.4, 0.5) is 5.82 Å². The average molecular weight is 282 g/mol. The lowest BCUT2D eigenvalue weighted by atomic mass is 10.1. The van der Waals surface area contributed by atoms with E-state index >= 15 is 0 Å². The smallest absolute Gasteiger partial charge is 0.227 e. The van der Waals surface area contributed by atoms with Crippen LogP contribution >= 0.6 is 0 Å². The fourth-order valence-corrected chi connectivity index (χ4v) is 2.03. The zero-order chi connectivity index (χ0) is 15.1. The number of para-hydroxylation sites is 1. The lowest BCUT2D eigenvalue weighted by Crippen LogP contribution is -2.06. The molecule has 2 rings (SSSR count). The van der Waals surface area contributed by atoms with E-state index in [1.165, 1.54) is 6.33 Å². The summed E-state index contributed by atoms with van der Waals surface area (Å²) in [6.45, 7) is 4.89. The zero-order valence-electron chi connectivity index (χ0n) is 12.3. The van der Waals surface area contributed by atoms with Crippen LogP contribution in [0, 0.1) is 11.3 Å². The van der Waals surface area contributed by atoms with Gasteiger partial charge in [0, 0.05) is 6.54 Å². The van der Waals surface area contributed by atoms with Crippen molar-refractivity contribution in [1.82, 2.24) is 9.97 Å². The van der Waals surface area contributed by atoms with Gasteiger partial charge in [-0.1, -0.05) is 25.5 Å². The molecule has 1 N–H and O–H groups in total. The van der Waals surface area contributed by atoms with Gasteiger partial charge in [0.05, 0.1) is 11.1 Å². The zero-order valence-corrected chi connectivity index (χ0v) is 12.3. The van der Waals surface area contributed by atoms with Gasteiger partial charge >= 0.3 is 0 Å². The number of aromatic nitrogens is 2. The molecule has 0 aliphatic carbocycles. The molecule has 0 aliphatic heterocycles. The molecule has 0 saturated carbocycles. The van der Waals surface area contributed by atoms with Gasteiger partial charge in [-0.3, -0.25) is 0 Å². The number of hydrogen-bond donors (Lipinski definition) is 1. The first-order chi connectivity index (χ1) is 10.3. The Bertz CT molecular complexity index is 649. The van der Waals surface area contributed by atoms with Gasteiger partial charge in [-0.25, -0.2) is 9.97 Å². The standard InChI is InChI=1S/C16H18N4O/c1-3-7-13-15(18-4-2)19-11-20-16(13)21-14-9-6-5-8-12(14)10-17/h5-6,8-9,11H,3-4,7H2,1-2H3,(H,18,19,20). The Balaban J connectivity index is 2.39. The van der Waals surface area contributed by atoms with E-state index in [0.717, 1.165) is 30.8 Å². The number of hydrogen-bond acceptors (Lipinski definition) is 5. The summed E-state index contributed by atoms with van der Waals surface area (Å²) in [5, 5.41) is 12.4. The van der Waals surface area contributed by atoms with E-state index in [4.69, 9.17) is 10.00 Å². The average Bonchev–Trinajstić information content (AvgIpc) is 2.51. The maximum absolute atomic E-state index is 9.13. The Kier molecular flexibility index (Phi) is 5.10. The number of anilines is 1. The highest BCUT2D eigenvalue weighted by molar-refractivity contribution is 5.51. The van der Waals surface area contributed by atoms with E-state index in [0.29, 0.717) is 17.2 Å². The summed E-state index contributed by atoms with van der Waals surface area (Å²) >= 11 is 0. The molecule has 1 aromatic carbocycles. The van der Waals surface area contributed by atoms with Crippen molar-refractivity contribution in [3.05, 3.63) is 41.7 Å². The van der Waals surface area contributed by atoms with Crippen LogP contribution in [-0.4, -0.2) is 16.5 Å². The third-order valence-corrected chi connectivity index (χ3v) is 2.96. The minimum absolute atomic E-state index is 0.489. The van der Waals surface area contributed by atoms with Gasteiger partial charge in [-0.15, -0.1) is 0 Å². The van der Waals surface area contributed by atoms with E-state index in [9.17, 15) is 0 Å². The monoisotopic (exact) mass is 282 g/mol. The van der Waals surface area contributed by atoms with Gasteiger partial charge in [-0.2, -0.15) is 5.26 Å². The van der Waals surface area contributed by atoms with Crippen molar-refractivity contribution in [3.63, 3.8) is 0 Å². The van der Waals surface area contributed by atoms with Crippen LogP contribution in [0.2, 0.25) is 0 Å². The van der Waals surface area contributed by atoms with Crippen LogP contribution < -0.4 is 10.1 Å². The number of nitriles is 1. The molecule has 0 fully saturated rings. The first-order valence-corrected chi connectivity index (χ1v) is 7.04. The van der Waals surface area contributed by atoms with Crippen LogP contribution in [0.3, 0.4) is 0 Å². The molecule has 0 saturated heterocycles. The summed E-state index contributed by atoms with van der Waals surface area (Å²) in [4.78, 5) is 8.49. The predicted molar refractivity (Wildman–Crippen MR) is 81.4 cm³/mol. The Labute approximate surface area is 124 Å². The summed E-state index contributed by atoms with van der Waals surface area (Å²) in [6.07, 6.45) is 3.25. The molecular weight excluding hydrogens is 264 g/mol. The highest BCUT2D eigenvalue weighted by atomic mass is 16.5. The lowest BCUT2D eigenvalue weighted by Gasteiger charge is -2.14. The van der Waals surface area contributed by atoms with Gasteiger partial charge in [-0.05, 0) is 25.5 Å². The Morgan fingerprint density at radius 2 is 2.05 bits per heavy atom. The van der Waals surface area contributed by atoms with Crippen LogP contribution in [0.15, 0.2) is 30.6 Å². The van der Waals surface area contributed by atoms with Crippen molar-refractivity contribution in [2.75, 3.05) is 11.9 Å². The molecule has 1 heterocycles. The molecule has 108 valence electrons. The Morgan fingerprint density at radius 1 is 1.24 bits per heavy atom. The molecule has 5 nitrogen and oxygen atoms in total. The van der Waals surface area contributed by atoms with Crippen LogP contribution in [-0.2, 0) is 6.42 Å². The SMILES string of the molecule is CCCc1c(NCC)ncnc1Oc1ccccc1C#N. The fourth-order valence-electron chi connectivity index (χ4n) is 2.03. The third-order valence-electron chi connectivity index (χ3n) is 2.96. The van der Waals surface area contributed by atoms with E-state index in [1.807, 2.05) is 19.1 Å². The first kappa shape index (κ1) is 14.8. The summed E-state index contributed by atoms with van der Waals surface area (Å²) < 4.78 is 5.86. The quantitative estimate of drug-likeness (QED) is 0.877. The molecule has 0 aliphatic rings. The normalized spacial score (nSPS) is 9.95. The molecule has 0 atom stereocenters. The third kappa shape index (κ3) is 3.48. The minimum Gasteiger partial charge on any atom is -0.437 e. The van der Waals surface area contributed by atoms with Gasteiger partial charge < -0.3 is 10.1 Å². The second-order valence-electron chi connectivity index (χ2n) is 4.50. The van der Waals surface area contributed by atoms with E-state index in [1.54, 1.807) is 12.1 Å². The van der Waals surface area contributed by atoms with Crippen molar-refractivity contribution in [1.29, 1.82) is 5.26 Å². The molecule has 0 radical (unpaired) electrons. The number of nitrogens with one attached hydrogen (secondary N) is 1. The van der Waals surface area contributed by atoms with Crippen LogP contribution in [0.1, 0.15) is 31.4 Å². The van der Waals surface area contributed by atoms with E-state index < -0.39 is 0 Å². The van der Waals surface area contributed by atoms with Crippen LogP contribution in [0.5, 0.6) is 11.6 Å². The maximum atomic E-state index is 9.13. The minimum atomic E-state index is 0.489. The molecule has 1 aromatic heterocycles. The van der Waals surface area contributed by atoms with Crippen molar-refractivity contribution in [2.45, 2.75) is 26.7 Å². The molecule has 2 aromatic rings. The first-order valence-electron chi connectivity index (χ1n) is 7.04. The summed E-state index contributed by atoms with van der Waals surface area (Å²) in [5.74, 6) is 1.81. The van der Waals surface area contributed by atoms with Crippen molar-refractivity contribution in [2.24, 2.45) is 0 Å². The number of ether oxygens (including phenoxy) is 1. The molecule has 0 spiro atoms. The van der Waals surface area contributed by atoms with E-state index in [-0.39, 0.29) is 0 Å². The highest BCUT2D eigenvalue weighted by Crippen LogP contribution is 2.29.